The molecule has 1 aliphatic heterocycles. The van der Waals surface area contributed by atoms with Crippen LogP contribution in [0.1, 0.15) is 19.8 Å². The Labute approximate surface area is 228 Å². The van der Waals surface area contributed by atoms with Crippen molar-refractivity contribution in [3.05, 3.63) is 45.9 Å². The molecule has 3 aromatic rings. The number of carbonyl (C=O) groups is 1. The fourth-order valence-electron chi connectivity index (χ4n) is 5.21. The molecule has 3 atom stereocenters. The second-order valence-corrected chi connectivity index (χ2v) is 10.4. The fraction of sp³-hybridized carbons (Fsp3) is 0.400. The molecule has 5 rings (SSSR count). The van der Waals surface area contributed by atoms with Gasteiger partial charge in [-0.2, -0.15) is 0 Å². The molecule has 36 heavy (non-hydrogen) atoms. The number of fused-ring (bicyclic) bond motifs is 2. The number of methoxy groups -OCH3 is 1. The van der Waals surface area contributed by atoms with Crippen molar-refractivity contribution in [2.75, 3.05) is 32.1 Å². The lowest BCUT2D eigenvalue weighted by molar-refractivity contribution is -0.128. The number of rotatable bonds is 6. The largest absolute Gasteiger partial charge is 0.493 e. The van der Waals surface area contributed by atoms with Crippen LogP contribution in [0, 0.1) is 23.6 Å². The monoisotopic (exact) mass is 598 g/mol. The zero-order chi connectivity index (χ0) is 24.7. The van der Waals surface area contributed by atoms with Crippen molar-refractivity contribution in [1.29, 1.82) is 0 Å². The number of likely N-dealkylation sites (tertiary alicyclic amines) is 1. The number of halogens is 4. The van der Waals surface area contributed by atoms with Crippen LogP contribution in [0.3, 0.4) is 0 Å². The molecule has 1 saturated heterocycles. The Morgan fingerprint density at radius 1 is 1.22 bits per heavy atom. The minimum absolute atomic E-state index is 0. The second kappa shape index (κ2) is 10.9. The van der Waals surface area contributed by atoms with Gasteiger partial charge in [-0.3, -0.25) is 4.79 Å². The maximum Gasteiger partial charge on any atom is 0.219 e. The summed E-state index contributed by atoms with van der Waals surface area (Å²) >= 11 is 9.25. The van der Waals surface area contributed by atoms with E-state index in [-0.39, 0.29) is 29.0 Å². The Morgan fingerprint density at radius 2 is 1.94 bits per heavy atom. The Hall–Kier alpha value is -2.36. The smallest absolute Gasteiger partial charge is 0.219 e. The van der Waals surface area contributed by atoms with E-state index in [0.717, 1.165) is 25.9 Å². The summed E-state index contributed by atoms with van der Waals surface area (Å²) in [5, 5.41) is 3.66. The third kappa shape index (κ3) is 5.19. The summed E-state index contributed by atoms with van der Waals surface area (Å²) in [7, 11) is 1.58. The van der Waals surface area contributed by atoms with Gasteiger partial charge in [0, 0.05) is 35.9 Å². The summed E-state index contributed by atoms with van der Waals surface area (Å²) in [5.74, 6) is 2.71. The molecule has 1 amide bonds. The fourth-order valence-corrected chi connectivity index (χ4v) is 5.68. The number of benzene rings is 2. The Kier molecular flexibility index (Phi) is 8.12. The number of nitrogens with one attached hydrogen (secondary N) is 1. The summed E-state index contributed by atoms with van der Waals surface area (Å²) in [4.78, 5) is 22.3. The van der Waals surface area contributed by atoms with Crippen molar-refractivity contribution in [3.8, 4) is 11.5 Å². The molecule has 1 N–H and O–H groups in total. The zero-order valence-electron chi connectivity index (χ0n) is 19.8. The van der Waals surface area contributed by atoms with E-state index in [2.05, 4.69) is 31.2 Å². The van der Waals surface area contributed by atoms with E-state index in [1.807, 2.05) is 11.0 Å². The summed E-state index contributed by atoms with van der Waals surface area (Å²) in [6.07, 6.45) is 3.53. The molecule has 11 heteroatoms. The zero-order valence-corrected chi connectivity index (χ0v) is 22.9. The molecule has 0 radical (unpaired) electrons. The van der Waals surface area contributed by atoms with Crippen molar-refractivity contribution in [3.63, 3.8) is 0 Å². The molecule has 1 saturated carbocycles. The number of hydrogen-bond acceptors (Lipinski definition) is 6. The van der Waals surface area contributed by atoms with Crippen LogP contribution < -0.4 is 14.8 Å². The van der Waals surface area contributed by atoms with Gasteiger partial charge < -0.3 is 19.7 Å². The molecule has 0 unspecified atom stereocenters. The molecule has 192 valence electrons. The number of nitrogens with zero attached hydrogens (tertiary/aromatic N) is 3. The highest BCUT2D eigenvalue weighted by Gasteiger charge is 2.41. The number of amides is 1. The van der Waals surface area contributed by atoms with Gasteiger partial charge >= 0.3 is 0 Å². The van der Waals surface area contributed by atoms with Crippen LogP contribution in [0.25, 0.3) is 10.9 Å². The van der Waals surface area contributed by atoms with Gasteiger partial charge in [-0.1, -0.05) is 11.6 Å². The molecule has 0 bridgehead atoms. The van der Waals surface area contributed by atoms with Gasteiger partial charge in [-0.25, -0.2) is 14.4 Å². The molecule has 2 aliphatic rings. The average Bonchev–Trinajstić information content (AvgIpc) is 3.42. The second-order valence-electron chi connectivity index (χ2n) is 9.18. The van der Waals surface area contributed by atoms with Gasteiger partial charge in [0.2, 0.25) is 5.91 Å². The number of hydrogen-bond donors (Lipinski definition) is 1. The van der Waals surface area contributed by atoms with Crippen LogP contribution in [0.15, 0.2) is 35.1 Å². The molecule has 0 spiro atoms. The van der Waals surface area contributed by atoms with Crippen LogP contribution in [0.4, 0.5) is 15.9 Å². The predicted octanol–water partition coefficient (Wildman–Crippen LogP) is 6.24. The quantitative estimate of drug-likeness (QED) is 0.338. The Balaban J connectivity index is 0.00000304. The number of anilines is 2. The number of ether oxygens (including phenoxy) is 2. The van der Waals surface area contributed by atoms with Gasteiger partial charge in [-0.15, -0.1) is 12.4 Å². The van der Waals surface area contributed by atoms with E-state index < -0.39 is 5.82 Å². The first-order chi connectivity index (χ1) is 16.8. The highest BCUT2D eigenvalue weighted by atomic mass is 79.9. The maximum absolute atomic E-state index is 14.6. The summed E-state index contributed by atoms with van der Waals surface area (Å²) in [6, 6.07) is 6.86. The van der Waals surface area contributed by atoms with Crippen molar-refractivity contribution >= 4 is 68.3 Å². The number of aromatic nitrogens is 2. The summed E-state index contributed by atoms with van der Waals surface area (Å²) in [5.41, 5.74) is 0.843. The van der Waals surface area contributed by atoms with Crippen LogP contribution in [-0.2, 0) is 4.79 Å². The van der Waals surface area contributed by atoms with E-state index in [4.69, 9.17) is 21.1 Å². The standard InChI is InChI=1S/C25H25BrClFN4O3.ClH/c1-13(33)32-9-15-5-14(6-16(15)10-32)11-35-22-8-20-17(7-21(22)34-2)25(30-12-29-20)31-19-4-3-18(26)23(27)24(19)28;/h3-4,7-8,12,14-16H,5-6,9-11H2,1-2H3,(H,29,30,31);1H/t14-,15-,16+;. The number of carbonyl (C=O) groups excluding carboxylic acids is 1. The van der Waals surface area contributed by atoms with E-state index >= 15 is 0 Å². The minimum atomic E-state index is -0.576. The van der Waals surface area contributed by atoms with Crippen molar-refractivity contribution in [2.45, 2.75) is 19.8 Å². The van der Waals surface area contributed by atoms with Gasteiger partial charge in [0.25, 0.3) is 0 Å². The molecule has 2 heterocycles. The maximum atomic E-state index is 14.6. The summed E-state index contributed by atoms with van der Waals surface area (Å²) in [6.45, 7) is 3.93. The molecular formula is C25H26BrCl2FN4O3. The lowest BCUT2D eigenvalue weighted by Crippen LogP contribution is -2.27. The molecule has 1 aliphatic carbocycles. The van der Waals surface area contributed by atoms with Gasteiger partial charge in [0.05, 0.1) is 29.9 Å². The van der Waals surface area contributed by atoms with Crippen LogP contribution in [-0.4, -0.2) is 47.6 Å². The first-order valence-corrected chi connectivity index (χ1v) is 12.6. The average molecular weight is 600 g/mol. The van der Waals surface area contributed by atoms with Crippen molar-refractivity contribution in [1.82, 2.24) is 14.9 Å². The van der Waals surface area contributed by atoms with Gasteiger partial charge in [-0.05, 0) is 64.7 Å². The SMILES string of the molecule is COc1cc2c(Nc3ccc(Br)c(Cl)c3F)ncnc2cc1OC[C@@H]1C[C@@H]2CN(C(C)=O)C[C@@H]2C1.Cl. The minimum Gasteiger partial charge on any atom is -0.493 e. The molecule has 2 aromatic carbocycles. The van der Waals surface area contributed by atoms with Gasteiger partial charge in [0.15, 0.2) is 17.3 Å². The normalized spacial score (nSPS) is 20.7. The predicted molar refractivity (Wildman–Crippen MR) is 143 cm³/mol. The highest BCUT2D eigenvalue weighted by molar-refractivity contribution is 9.10. The molecule has 1 aromatic heterocycles. The third-order valence-corrected chi connectivity index (χ3v) is 8.24. The van der Waals surface area contributed by atoms with E-state index in [9.17, 15) is 9.18 Å². The Morgan fingerprint density at radius 3 is 2.61 bits per heavy atom. The first kappa shape index (κ1) is 26.7. The van der Waals surface area contributed by atoms with E-state index in [1.54, 1.807) is 32.2 Å². The van der Waals surface area contributed by atoms with Crippen molar-refractivity contribution in [2.24, 2.45) is 17.8 Å². The van der Waals surface area contributed by atoms with E-state index in [1.165, 1.54) is 6.33 Å². The van der Waals surface area contributed by atoms with E-state index in [0.29, 0.717) is 57.1 Å². The molecule has 7 nitrogen and oxygen atoms in total. The molecular weight excluding hydrogens is 574 g/mol. The highest BCUT2D eigenvalue weighted by Crippen LogP contribution is 2.43. The topological polar surface area (TPSA) is 76.6 Å². The Bertz CT molecular complexity index is 1280. The van der Waals surface area contributed by atoms with Crippen LogP contribution >= 0.6 is 39.9 Å². The van der Waals surface area contributed by atoms with Crippen LogP contribution in [0.2, 0.25) is 5.02 Å². The third-order valence-electron chi connectivity index (χ3n) is 6.98. The van der Waals surface area contributed by atoms with Crippen molar-refractivity contribution < 1.29 is 18.7 Å². The lowest BCUT2D eigenvalue weighted by atomic mass is 10.0. The first-order valence-electron chi connectivity index (χ1n) is 11.5. The van der Waals surface area contributed by atoms with Gasteiger partial charge in [0.1, 0.15) is 12.1 Å². The lowest BCUT2D eigenvalue weighted by Gasteiger charge is -2.19. The molecule has 2 fully saturated rings. The summed E-state index contributed by atoms with van der Waals surface area (Å²) < 4.78 is 26.9. The van der Waals surface area contributed by atoms with Crippen LogP contribution in [0.5, 0.6) is 11.5 Å².